The fraction of sp³-hybridized carbons (Fsp3) is 0.143. The molecule has 0 radical (unpaired) electrons. The fourth-order valence-corrected chi connectivity index (χ4v) is 2.05. The average Bonchev–Trinajstić information content (AvgIpc) is 2.43. The van der Waals surface area contributed by atoms with Crippen LogP contribution >= 0.6 is 11.6 Å². The van der Waals surface area contributed by atoms with Crippen LogP contribution in [-0.4, -0.2) is 22.6 Å². The summed E-state index contributed by atoms with van der Waals surface area (Å²) >= 11 is 5.78. The van der Waals surface area contributed by atoms with Gasteiger partial charge in [-0.25, -0.2) is 14.2 Å². The highest BCUT2D eigenvalue weighted by Gasteiger charge is 2.16. The highest BCUT2D eigenvalue weighted by molar-refractivity contribution is 6.33. The van der Waals surface area contributed by atoms with Crippen molar-refractivity contribution in [3.05, 3.63) is 52.9 Å². The van der Waals surface area contributed by atoms with Crippen LogP contribution in [-0.2, 0) is 0 Å². The Labute approximate surface area is 120 Å². The van der Waals surface area contributed by atoms with Gasteiger partial charge in [-0.3, -0.25) is 0 Å². The Balaban J connectivity index is 2.50. The predicted octanol–water partition coefficient (Wildman–Crippen LogP) is 3.73. The summed E-state index contributed by atoms with van der Waals surface area (Å²) in [6, 6.07) is 7.57. The molecule has 0 saturated heterocycles. The third kappa shape index (κ3) is 2.72. The maximum absolute atomic E-state index is 13.8. The second-order valence-corrected chi connectivity index (χ2v) is 4.43. The van der Waals surface area contributed by atoms with Crippen LogP contribution in [0, 0.1) is 5.82 Å². The number of anilines is 2. The normalized spacial score (nSPS) is 10.3. The zero-order valence-electron chi connectivity index (χ0n) is 10.7. The Bertz CT molecular complexity index is 649. The fourth-order valence-electron chi connectivity index (χ4n) is 1.87. The number of carbonyl (C=O) groups is 1. The number of nitrogens with zero attached hydrogens (tertiary/aromatic N) is 2. The first kappa shape index (κ1) is 14.3. The molecule has 6 heteroatoms. The summed E-state index contributed by atoms with van der Waals surface area (Å²) in [5.74, 6) is -1.22. The number of rotatable bonds is 4. The minimum atomic E-state index is -1.15. The first-order valence-corrected chi connectivity index (χ1v) is 6.33. The lowest BCUT2D eigenvalue weighted by Crippen LogP contribution is -2.19. The molecule has 2 rings (SSSR count). The lowest BCUT2D eigenvalue weighted by molar-refractivity contribution is 0.0697. The SMILES string of the molecule is CCN(c1cc(C(=O)O)c(Cl)cn1)c1ccccc1F. The van der Waals surface area contributed by atoms with Crippen LogP contribution in [0.5, 0.6) is 0 Å². The van der Waals surface area contributed by atoms with Gasteiger partial charge in [-0.1, -0.05) is 23.7 Å². The van der Waals surface area contributed by atoms with Gasteiger partial charge in [0.25, 0.3) is 0 Å². The Morgan fingerprint density at radius 3 is 2.75 bits per heavy atom. The van der Waals surface area contributed by atoms with Crippen molar-refractivity contribution < 1.29 is 14.3 Å². The number of halogens is 2. The first-order valence-electron chi connectivity index (χ1n) is 5.95. The van der Waals surface area contributed by atoms with Gasteiger partial charge in [0.1, 0.15) is 11.6 Å². The number of pyridine rings is 1. The molecule has 0 aliphatic carbocycles. The Kier molecular flexibility index (Phi) is 4.20. The molecule has 0 aliphatic rings. The second kappa shape index (κ2) is 5.88. The van der Waals surface area contributed by atoms with E-state index in [1.54, 1.807) is 23.1 Å². The summed E-state index contributed by atoms with van der Waals surface area (Å²) < 4.78 is 13.8. The number of hydrogen-bond acceptors (Lipinski definition) is 3. The van der Waals surface area contributed by atoms with Gasteiger partial charge < -0.3 is 10.0 Å². The molecule has 0 fully saturated rings. The molecule has 20 heavy (non-hydrogen) atoms. The van der Waals surface area contributed by atoms with Crippen LogP contribution in [0.25, 0.3) is 0 Å². The van der Waals surface area contributed by atoms with E-state index < -0.39 is 11.8 Å². The van der Waals surface area contributed by atoms with E-state index in [1.807, 2.05) is 6.92 Å². The minimum absolute atomic E-state index is 0.0471. The van der Waals surface area contributed by atoms with Crippen molar-refractivity contribution in [3.8, 4) is 0 Å². The number of aromatic carboxylic acids is 1. The first-order chi connectivity index (χ1) is 9.54. The molecule has 0 saturated carbocycles. The summed E-state index contributed by atoms with van der Waals surface area (Å²) in [6.45, 7) is 2.26. The van der Waals surface area contributed by atoms with Crippen molar-refractivity contribution in [2.45, 2.75) is 6.92 Å². The monoisotopic (exact) mass is 294 g/mol. The van der Waals surface area contributed by atoms with E-state index in [0.717, 1.165) is 0 Å². The van der Waals surface area contributed by atoms with Crippen molar-refractivity contribution >= 4 is 29.1 Å². The molecule has 0 aliphatic heterocycles. The number of hydrogen-bond donors (Lipinski definition) is 1. The van der Waals surface area contributed by atoms with E-state index in [1.165, 1.54) is 18.3 Å². The zero-order chi connectivity index (χ0) is 14.7. The largest absolute Gasteiger partial charge is 0.478 e. The highest BCUT2D eigenvalue weighted by Crippen LogP contribution is 2.28. The summed E-state index contributed by atoms with van der Waals surface area (Å²) in [4.78, 5) is 16.7. The van der Waals surface area contributed by atoms with E-state index in [0.29, 0.717) is 18.1 Å². The average molecular weight is 295 g/mol. The Morgan fingerprint density at radius 2 is 2.15 bits per heavy atom. The van der Waals surface area contributed by atoms with Crippen molar-refractivity contribution in [2.24, 2.45) is 0 Å². The van der Waals surface area contributed by atoms with E-state index in [2.05, 4.69) is 4.98 Å². The molecule has 0 atom stereocenters. The standard InChI is InChI=1S/C14H12ClFN2O2/c1-2-18(12-6-4-3-5-11(12)16)13-7-9(14(19)20)10(15)8-17-13/h3-8H,2H2,1H3,(H,19,20). The summed E-state index contributed by atoms with van der Waals surface area (Å²) in [5.41, 5.74) is 0.271. The third-order valence-corrected chi connectivity index (χ3v) is 3.11. The van der Waals surface area contributed by atoms with Gasteiger partial charge in [-0.05, 0) is 25.1 Å². The highest BCUT2D eigenvalue weighted by atomic mass is 35.5. The molecule has 2 aromatic rings. The van der Waals surface area contributed by atoms with E-state index >= 15 is 0 Å². The van der Waals surface area contributed by atoms with Gasteiger partial charge in [-0.15, -0.1) is 0 Å². The zero-order valence-corrected chi connectivity index (χ0v) is 11.4. The summed E-state index contributed by atoms with van der Waals surface area (Å²) in [6.07, 6.45) is 1.25. The van der Waals surface area contributed by atoms with Gasteiger partial charge in [0.05, 0.1) is 16.3 Å². The summed E-state index contributed by atoms with van der Waals surface area (Å²) in [5, 5.41) is 9.11. The van der Waals surface area contributed by atoms with Crippen molar-refractivity contribution in [2.75, 3.05) is 11.4 Å². The molecule has 4 nitrogen and oxygen atoms in total. The van der Waals surface area contributed by atoms with Gasteiger partial charge in [0, 0.05) is 12.7 Å². The van der Waals surface area contributed by atoms with Gasteiger partial charge >= 0.3 is 5.97 Å². The van der Waals surface area contributed by atoms with Gasteiger partial charge in [-0.2, -0.15) is 0 Å². The van der Waals surface area contributed by atoms with Gasteiger partial charge in [0.2, 0.25) is 0 Å². The molecule has 1 heterocycles. The Morgan fingerprint density at radius 1 is 1.45 bits per heavy atom. The van der Waals surface area contributed by atoms with Crippen LogP contribution in [0.3, 0.4) is 0 Å². The number of benzene rings is 1. The topological polar surface area (TPSA) is 53.4 Å². The third-order valence-electron chi connectivity index (χ3n) is 2.81. The van der Waals surface area contributed by atoms with Crippen LogP contribution in [0.4, 0.5) is 15.9 Å². The molecule has 1 aromatic heterocycles. The number of carboxylic acid groups (broad SMARTS) is 1. The second-order valence-electron chi connectivity index (χ2n) is 4.02. The van der Waals surface area contributed by atoms with E-state index in [-0.39, 0.29) is 10.6 Å². The molecule has 1 N–H and O–H groups in total. The Hall–Kier alpha value is -2.14. The van der Waals surface area contributed by atoms with E-state index in [9.17, 15) is 9.18 Å². The molecular weight excluding hydrogens is 283 g/mol. The van der Waals surface area contributed by atoms with Crippen LogP contribution in [0.2, 0.25) is 5.02 Å². The molecule has 0 bridgehead atoms. The van der Waals surface area contributed by atoms with E-state index in [4.69, 9.17) is 16.7 Å². The maximum Gasteiger partial charge on any atom is 0.337 e. The molecule has 0 amide bonds. The van der Waals surface area contributed by atoms with Crippen molar-refractivity contribution in [1.82, 2.24) is 4.98 Å². The predicted molar refractivity (Wildman–Crippen MR) is 75.3 cm³/mol. The number of aromatic nitrogens is 1. The number of para-hydroxylation sites is 1. The van der Waals surface area contributed by atoms with Crippen molar-refractivity contribution in [1.29, 1.82) is 0 Å². The molecule has 0 spiro atoms. The maximum atomic E-state index is 13.8. The quantitative estimate of drug-likeness (QED) is 0.933. The van der Waals surface area contributed by atoms with Crippen LogP contribution < -0.4 is 4.90 Å². The molecule has 1 aromatic carbocycles. The molecular formula is C14H12ClFN2O2. The van der Waals surface area contributed by atoms with Crippen molar-refractivity contribution in [3.63, 3.8) is 0 Å². The van der Waals surface area contributed by atoms with Gasteiger partial charge in [0.15, 0.2) is 0 Å². The molecule has 104 valence electrons. The van der Waals surface area contributed by atoms with Crippen LogP contribution in [0.15, 0.2) is 36.5 Å². The lowest BCUT2D eigenvalue weighted by atomic mass is 10.2. The molecule has 0 unspecified atom stereocenters. The van der Waals surface area contributed by atoms with Crippen LogP contribution in [0.1, 0.15) is 17.3 Å². The summed E-state index contributed by atoms with van der Waals surface area (Å²) in [7, 11) is 0. The minimum Gasteiger partial charge on any atom is -0.478 e. The smallest absolute Gasteiger partial charge is 0.337 e. The number of carboxylic acids is 1. The lowest BCUT2D eigenvalue weighted by Gasteiger charge is -2.22.